The highest BCUT2D eigenvalue weighted by Crippen LogP contribution is 2.33. The lowest BCUT2D eigenvalue weighted by Crippen LogP contribution is -2.32. The third-order valence-electron chi connectivity index (χ3n) is 5.14. The third-order valence-corrected chi connectivity index (χ3v) is 5.14. The molecule has 3 aromatic rings. The zero-order chi connectivity index (χ0) is 19.7. The molecule has 0 N–H and O–H groups in total. The lowest BCUT2D eigenvalue weighted by molar-refractivity contribution is -0.147. The van der Waals surface area contributed by atoms with Crippen LogP contribution in [-0.2, 0) is 20.9 Å². The average molecular weight is 375 g/mol. The summed E-state index contributed by atoms with van der Waals surface area (Å²) in [5.74, 6) is 0.153. The maximum atomic E-state index is 12.6. The van der Waals surface area contributed by atoms with Crippen molar-refractivity contribution in [3.8, 4) is 0 Å². The number of benzene rings is 2. The zero-order valence-corrected chi connectivity index (χ0v) is 15.8. The van der Waals surface area contributed by atoms with Crippen molar-refractivity contribution >= 4 is 28.9 Å². The van der Waals surface area contributed by atoms with Gasteiger partial charge in [0.15, 0.2) is 0 Å². The first-order chi connectivity index (χ1) is 13.5. The summed E-state index contributed by atoms with van der Waals surface area (Å²) in [6.45, 7) is 3.52. The van der Waals surface area contributed by atoms with Gasteiger partial charge < -0.3 is 14.1 Å². The van der Waals surface area contributed by atoms with Gasteiger partial charge in [0, 0.05) is 24.1 Å². The van der Waals surface area contributed by atoms with Gasteiger partial charge in [-0.05, 0) is 30.2 Å². The molecule has 0 spiro atoms. The Kier molecular flexibility index (Phi) is 4.74. The van der Waals surface area contributed by atoms with Crippen LogP contribution in [0.25, 0.3) is 17.0 Å². The standard InChI is InChI=1S/C23H21NO4/c1-15-18-8-5-6-10-21(18)28-22(15)14-27-23(26)13-20-19-9-4-3-7-17(19)11-12-24(20)16(2)25/h3-12,20H,13-14H2,1-2H3. The SMILES string of the molecule is CC(=O)N1C=Cc2ccccc2C1CC(=O)OCc1oc2ccccc2c1C. The summed E-state index contributed by atoms with van der Waals surface area (Å²) in [5, 5.41) is 1.02. The molecule has 2 aromatic carbocycles. The van der Waals surface area contributed by atoms with Crippen LogP contribution < -0.4 is 0 Å². The molecule has 0 bridgehead atoms. The molecule has 0 saturated carbocycles. The van der Waals surface area contributed by atoms with Gasteiger partial charge in [-0.15, -0.1) is 0 Å². The van der Waals surface area contributed by atoms with E-state index in [2.05, 4.69) is 0 Å². The highest BCUT2D eigenvalue weighted by Gasteiger charge is 2.29. The zero-order valence-electron chi connectivity index (χ0n) is 15.8. The van der Waals surface area contributed by atoms with E-state index in [0.717, 1.165) is 27.7 Å². The Labute approximate surface area is 163 Å². The number of hydrogen-bond acceptors (Lipinski definition) is 4. The summed E-state index contributed by atoms with van der Waals surface area (Å²) in [7, 11) is 0. The van der Waals surface area contributed by atoms with Crippen LogP contribution in [0, 0.1) is 6.92 Å². The van der Waals surface area contributed by atoms with Crippen molar-refractivity contribution < 1.29 is 18.7 Å². The van der Waals surface area contributed by atoms with Crippen LogP contribution in [0.15, 0.2) is 59.1 Å². The van der Waals surface area contributed by atoms with E-state index < -0.39 is 0 Å². The fraction of sp³-hybridized carbons (Fsp3) is 0.217. The van der Waals surface area contributed by atoms with Crippen molar-refractivity contribution in [1.29, 1.82) is 0 Å². The van der Waals surface area contributed by atoms with Gasteiger partial charge in [0.25, 0.3) is 0 Å². The van der Waals surface area contributed by atoms with Crippen LogP contribution in [0.3, 0.4) is 0 Å². The number of rotatable bonds is 4. The van der Waals surface area contributed by atoms with Crippen LogP contribution in [0.5, 0.6) is 0 Å². The smallest absolute Gasteiger partial charge is 0.308 e. The summed E-state index contributed by atoms with van der Waals surface area (Å²) >= 11 is 0. The molecule has 142 valence electrons. The molecule has 0 saturated heterocycles. The molecule has 0 radical (unpaired) electrons. The minimum Gasteiger partial charge on any atom is -0.457 e. The van der Waals surface area contributed by atoms with Gasteiger partial charge in [-0.3, -0.25) is 9.59 Å². The molecule has 1 aliphatic rings. The summed E-state index contributed by atoms with van der Waals surface area (Å²) in [4.78, 5) is 26.2. The largest absolute Gasteiger partial charge is 0.457 e. The number of para-hydroxylation sites is 1. The predicted molar refractivity (Wildman–Crippen MR) is 106 cm³/mol. The van der Waals surface area contributed by atoms with Gasteiger partial charge in [-0.2, -0.15) is 0 Å². The molecule has 1 aliphatic heterocycles. The maximum absolute atomic E-state index is 12.6. The first-order valence-corrected chi connectivity index (χ1v) is 9.23. The topological polar surface area (TPSA) is 59.8 Å². The molecule has 1 unspecified atom stereocenters. The van der Waals surface area contributed by atoms with E-state index in [-0.39, 0.29) is 30.9 Å². The number of nitrogens with zero attached hydrogens (tertiary/aromatic N) is 1. The third kappa shape index (κ3) is 3.31. The Morgan fingerprint density at radius 1 is 1.11 bits per heavy atom. The van der Waals surface area contributed by atoms with Crippen LogP contribution >= 0.6 is 0 Å². The molecule has 1 aromatic heterocycles. The van der Waals surface area contributed by atoms with Crippen molar-refractivity contribution in [2.24, 2.45) is 0 Å². The number of ether oxygens (including phenoxy) is 1. The fourth-order valence-electron chi connectivity index (χ4n) is 3.64. The summed E-state index contributed by atoms with van der Waals surface area (Å²) in [5.41, 5.74) is 3.70. The summed E-state index contributed by atoms with van der Waals surface area (Å²) in [6.07, 6.45) is 3.70. The molecular formula is C23H21NO4. The predicted octanol–water partition coefficient (Wildman–Crippen LogP) is 4.75. The molecule has 0 fully saturated rings. The van der Waals surface area contributed by atoms with Gasteiger partial charge in [0.2, 0.25) is 5.91 Å². The first-order valence-electron chi connectivity index (χ1n) is 9.23. The van der Waals surface area contributed by atoms with E-state index in [1.54, 1.807) is 11.1 Å². The molecular weight excluding hydrogens is 354 g/mol. The van der Waals surface area contributed by atoms with Gasteiger partial charge >= 0.3 is 5.97 Å². The molecule has 4 rings (SSSR count). The number of hydrogen-bond donors (Lipinski definition) is 0. The molecule has 0 aliphatic carbocycles. The minimum absolute atomic E-state index is 0.0730. The molecule has 1 amide bonds. The number of amides is 1. The molecule has 5 nitrogen and oxygen atoms in total. The average Bonchev–Trinajstić information content (AvgIpc) is 3.02. The second kappa shape index (κ2) is 7.35. The van der Waals surface area contributed by atoms with Crippen LogP contribution in [-0.4, -0.2) is 16.8 Å². The maximum Gasteiger partial charge on any atom is 0.308 e. The van der Waals surface area contributed by atoms with Crippen LogP contribution in [0.1, 0.15) is 41.8 Å². The highest BCUT2D eigenvalue weighted by atomic mass is 16.5. The van der Waals surface area contributed by atoms with E-state index >= 15 is 0 Å². The van der Waals surface area contributed by atoms with E-state index in [9.17, 15) is 9.59 Å². The lowest BCUT2D eigenvalue weighted by Gasteiger charge is -2.32. The van der Waals surface area contributed by atoms with Gasteiger partial charge in [0.05, 0.1) is 12.5 Å². The van der Waals surface area contributed by atoms with E-state index in [0.29, 0.717) is 5.76 Å². The molecule has 2 heterocycles. The van der Waals surface area contributed by atoms with E-state index in [1.807, 2.05) is 61.5 Å². The number of aryl methyl sites for hydroxylation is 1. The van der Waals surface area contributed by atoms with Crippen molar-refractivity contribution in [1.82, 2.24) is 4.90 Å². The van der Waals surface area contributed by atoms with E-state index in [4.69, 9.17) is 9.15 Å². The Balaban J connectivity index is 1.49. The molecule has 5 heteroatoms. The number of fused-ring (bicyclic) bond motifs is 2. The van der Waals surface area contributed by atoms with Gasteiger partial charge in [-0.1, -0.05) is 42.5 Å². The fourth-order valence-corrected chi connectivity index (χ4v) is 3.64. The molecule has 1 atom stereocenters. The number of carbonyl (C=O) groups is 2. The van der Waals surface area contributed by atoms with Gasteiger partial charge in [0.1, 0.15) is 18.0 Å². The minimum atomic E-state index is -0.374. The Morgan fingerprint density at radius 2 is 1.86 bits per heavy atom. The quantitative estimate of drug-likeness (QED) is 0.618. The van der Waals surface area contributed by atoms with Crippen LogP contribution in [0.4, 0.5) is 0 Å². The van der Waals surface area contributed by atoms with Crippen molar-refractivity contribution in [2.75, 3.05) is 0 Å². The normalized spacial score (nSPS) is 15.5. The monoisotopic (exact) mass is 375 g/mol. The summed E-state index contributed by atoms with van der Waals surface area (Å²) in [6, 6.07) is 15.1. The summed E-state index contributed by atoms with van der Waals surface area (Å²) < 4.78 is 11.3. The number of carbonyl (C=O) groups excluding carboxylic acids is 2. The Bertz CT molecular complexity index is 1080. The molecule has 28 heavy (non-hydrogen) atoms. The van der Waals surface area contributed by atoms with Crippen molar-refractivity contribution in [2.45, 2.75) is 32.9 Å². The van der Waals surface area contributed by atoms with Crippen molar-refractivity contribution in [3.05, 3.63) is 77.2 Å². The first kappa shape index (κ1) is 18.0. The van der Waals surface area contributed by atoms with E-state index in [1.165, 1.54) is 6.92 Å². The lowest BCUT2D eigenvalue weighted by atomic mass is 9.94. The number of esters is 1. The number of furan rings is 1. The van der Waals surface area contributed by atoms with Crippen molar-refractivity contribution in [3.63, 3.8) is 0 Å². The Hall–Kier alpha value is -3.34. The van der Waals surface area contributed by atoms with Gasteiger partial charge in [-0.25, -0.2) is 0 Å². The Morgan fingerprint density at radius 3 is 2.64 bits per heavy atom. The highest BCUT2D eigenvalue weighted by molar-refractivity contribution is 5.82. The van der Waals surface area contributed by atoms with Crippen LogP contribution in [0.2, 0.25) is 0 Å². The second-order valence-electron chi connectivity index (χ2n) is 6.90. The second-order valence-corrected chi connectivity index (χ2v) is 6.90.